The first-order chi connectivity index (χ1) is 23.4. The van der Waals surface area contributed by atoms with Crippen LogP contribution in [0.3, 0.4) is 0 Å². The van der Waals surface area contributed by atoms with E-state index in [1.54, 1.807) is 30.3 Å². The Bertz CT molecular complexity index is 1850. The van der Waals surface area contributed by atoms with Crippen LogP contribution in [0, 0.1) is 6.92 Å². The van der Waals surface area contributed by atoms with Crippen LogP contribution in [0.4, 0.5) is 5.69 Å². The zero-order valence-corrected chi connectivity index (χ0v) is 30.8. The number of benzene rings is 4. The summed E-state index contributed by atoms with van der Waals surface area (Å²) in [7, 11) is -4.33. The summed E-state index contributed by atoms with van der Waals surface area (Å²) in [4.78, 5) is 30.4. The van der Waals surface area contributed by atoms with Crippen molar-refractivity contribution in [1.82, 2.24) is 10.2 Å². The number of hydrogen-bond donors (Lipinski definition) is 1. The average molecular weight is 762 g/mol. The maximum atomic E-state index is 14.8. The number of halogens is 4. The van der Waals surface area contributed by atoms with Gasteiger partial charge >= 0.3 is 0 Å². The monoisotopic (exact) mass is 759 g/mol. The Hall–Kier alpha value is -3.27. The maximum absolute atomic E-state index is 14.8. The lowest BCUT2D eigenvalue weighted by Crippen LogP contribution is -2.55. The van der Waals surface area contributed by atoms with Crippen molar-refractivity contribution in [1.29, 1.82) is 0 Å². The van der Waals surface area contributed by atoms with Crippen molar-refractivity contribution in [2.75, 3.05) is 10.8 Å². The molecule has 2 amide bonds. The first kappa shape index (κ1) is 37.0. The Balaban J connectivity index is 1.61. The second-order valence-corrected chi connectivity index (χ2v) is 15.8. The van der Waals surface area contributed by atoms with Gasteiger partial charge in [-0.15, -0.1) is 0 Å². The number of hydrogen-bond acceptors (Lipinski definition) is 4. The highest BCUT2D eigenvalue weighted by Gasteiger charge is 2.36. The molecule has 0 aromatic heterocycles. The summed E-state index contributed by atoms with van der Waals surface area (Å²) in [6.07, 6.45) is 4.95. The molecule has 0 unspecified atom stereocenters. The molecule has 1 atom stereocenters. The summed E-state index contributed by atoms with van der Waals surface area (Å²) in [5, 5.41) is 4.18. The van der Waals surface area contributed by atoms with Crippen molar-refractivity contribution in [2.24, 2.45) is 0 Å². The van der Waals surface area contributed by atoms with Gasteiger partial charge in [-0.25, -0.2) is 8.42 Å². The lowest BCUT2D eigenvalue weighted by atomic mass is 9.94. The fourth-order valence-corrected chi connectivity index (χ4v) is 8.43. The zero-order valence-electron chi connectivity index (χ0n) is 26.9. The van der Waals surface area contributed by atoms with Crippen LogP contribution in [-0.4, -0.2) is 43.8 Å². The second kappa shape index (κ2) is 16.6. The number of amides is 2. The molecule has 0 aliphatic heterocycles. The van der Waals surface area contributed by atoms with Gasteiger partial charge in [0.05, 0.1) is 10.6 Å². The molecule has 4 aromatic carbocycles. The summed E-state index contributed by atoms with van der Waals surface area (Å²) in [6, 6.07) is 23.9. The van der Waals surface area contributed by atoms with Gasteiger partial charge in [0.15, 0.2) is 0 Å². The predicted octanol–water partition coefficient (Wildman–Crippen LogP) is 8.89. The van der Waals surface area contributed by atoms with E-state index in [0.29, 0.717) is 15.6 Å². The fraction of sp³-hybridized carbons (Fsp3) is 0.297. The van der Waals surface area contributed by atoms with Gasteiger partial charge in [0.25, 0.3) is 10.0 Å². The van der Waals surface area contributed by atoms with Gasteiger partial charge in [-0.3, -0.25) is 13.9 Å². The number of nitrogens with one attached hydrogen (secondary N) is 1. The molecule has 0 heterocycles. The minimum atomic E-state index is -4.33. The summed E-state index contributed by atoms with van der Waals surface area (Å²) < 4.78 is 29.6. The van der Waals surface area contributed by atoms with Gasteiger partial charge in [0.2, 0.25) is 11.8 Å². The van der Waals surface area contributed by atoms with Crippen molar-refractivity contribution in [3.05, 3.63) is 128 Å². The number of carbonyl (C=O) groups is 2. The largest absolute Gasteiger partial charge is 0.352 e. The van der Waals surface area contributed by atoms with Crippen LogP contribution in [0.2, 0.25) is 20.1 Å². The molecule has 0 spiro atoms. The van der Waals surface area contributed by atoms with Crippen LogP contribution in [0.15, 0.2) is 95.9 Å². The van der Waals surface area contributed by atoms with Gasteiger partial charge in [0.1, 0.15) is 12.6 Å². The molecule has 0 bridgehead atoms. The van der Waals surface area contributed by atoms with Crippen LogP contribution < -0.4 is 9.62 Å². The lowest BCUT2D eigenvalue weighted by molar-refractivity contribution is -0.140. The van der Waals surface area contributed by atoms with E-state index >= 15 is 0 Å². The van der Waals surface area contributed by atoms with Crippen molar-refractivity contribution in [3.8, 4) is 0 Å². The normalized spacial score (nSPS) is 14.2. The first-order valence-electron chi connectivity index (χ1n) is 16.0. The van der Waals surface area contributed by atoms with E-state index in [1.165, 1.54) is 35.2 Å². The molecule has 49 heavy (non-hydrogen) atoms. The van der Waals surface area contributed by atoms with E-state index < -0.39 is 28.5 Å². The molecule has 258 valence electrons. The summed E-state index contributed by atoms with van der Waals surface area (Å²) in [5.41, 5.74) is 2.21. The summed E-state index contributed by atoms with van der Waals surface area (Å²) in [6.45, 7) is 1.02. The number of sulfonamides is 1. The molecule has 7 nitrogen and oxygen atoms in total. The number of nitrogens with zero attached hydrogens (tertiary/aromatic N) is 2. The highest BCUT2D eigenvalue weighted by Crippen LogP contribution is 2.32. The van der Waals surface area contributed by atoms with Gasteiger partial charge < -0.3 is 10.2 Å². The van der Waals surface area contributed by atoms with E-state index in [4.69, 9.17) is 46.4 Å². The second-order valence-electron chi connectivity index (χ2n) is 12.2. The number of anilines is 1. The highest BCUT2D eigenvalue weighted by molar-refractivity contribution is 7.92. The molecular weight excluding hydrogens is 724 g/mol. The third-order valence-corrected chi connectivity index (χ3v) is 11.6. The van der Waals surface area contributed by atoms with E-state index in [9.17, 15) is 18.0 Å². The third kappa shape index (κ3) is 9.50. The minimum Gasteiger partial charge on any atom is -0.352 e. The van der Waals surface area contributed by atoms with Gasteiger partial charge in [0, 0.05) is 44.7 Å². The summed E-state index contributed by atoms with van der Waals surface area (Å²) >= 11 is 25.9. The molecule has 1 saturated carbocycles. The Kier molecular flexibility index (Phi) is 12.6. The molecule has 4 aromatic rings. The molecule has 1 N–H and O–H groups in total. The van der Waals surface area contributed by atoms with E-state index in [2.05, 4.69) is 5.32 Å². The molecule has 5 rings (SSSR count). The number of rotatable bonds is 12. The summed E-state index contributed by atoms with van der Waals surface area (Å²) in [5.74, 6) is -0.992. The van der Waals surface area contributed by atoms with Crippen molar-refractivity contribution < 1.29 is 18.0 Å². The standard InChI is InChI=1S/C37H37Cl4N3O4S/c1-25-15-17-31(18-16-25)49(47,48)44(30-21-27(38)20-28(39)22-30)24-36(45)43(23-32-33(40)13-8-14-34(32)41)35(19-26-9-4-2-5-10-26)37(46)42-29-11-6-3-7-12-29/h2,4-5,8-10,13-18,20-22,29,35H,3,6-7,11-12,19,23-24H2,1H3,(H,42,46)/t35-/m0/s1. The van der Waals surface area contributed by atoms with Crippen LogP contribution in [-0.2, 0) is 32.6 Å². The van der Waals surface area contributed by atoms with E-state index in [-0.39, 0.29) is 45.5 Å². The fourth-order valence-electron chi connectivity index (χ4n) is 6.00. The van der Waals surface area contributed by atoms with Crippen LogP contribution >= 0.6 is 46.4 Å². The van der Waals surface area contributed by atoms with E-state index in [0.717, 1.165) is 47.5 Å². The smallest absolute Gasteiger partial charge is 0.264 e. The Morgan fingerprint density at radius 2 is 1.43 bits per heavy atom. The molecule has 1 fully saturated rings. The molecule has 1 aliphatic rings. The van der Waals surface area contributed by atoms with E-state index in [1.807, 2.05) is 37.3 Å². The van der Waals surface area contributed by atoms with Gasteiger partial charge in [-0.2, -0.15) is 0 Å². The molecule has 0 radical (unpaired) electrons. The highest BCUT2D eigenvalue weighted by atomic mass is 35.5. The quantitative estimate of drug-likeness (QED) is 0.156. The average Bonchev–Trinajstić information content (AvgIpc) is 3.07. The number of aryl methyl sites for hydroxylation is 1. The SMILES string of the molecule is Cc1ccc(S(=O)(=O)N(CC(=O)N(Cc2c(Cl)cccc2Cl)[C@@H](Cc2ccccc2)C(=O)NC2CCCCC2)c2cc(Cl)cc(Cl)c2)cc1. The molecule has 0 saturated heterocycles. The topological polar surface area (TPSA) is 86.8 Å². The molecule has 1 aliphatic carbocycles. The van der Waals surface area contributed by atoms with Crippen LogP contribution in [0.25, 0.3) is 0 Å². The zero-order chi connectivity index (χ0) is 35.1. The lowest BCUT2D eigenvalue weighted by Gasteiger charge is -2.35. The van der Waals surface area contributed by atoms with Crippen molar-refractivity contribution >= 4 is 73.9 Å². The Morgan fingerprint density at radius 3 is 2.04 bits per heavy atom. The number of carbonyl (C=O) groups excluding carboxylic acids is 2. The third-order valence-electron chi connectivity index (χ3n) is 8.64. The Labute approximate surface area is 308 Å². The maximum Gasteiger partial charge on any atom is 0.264 e. The first-order valence-corrected chi connectivity index (χ1v) is 19.0. The predicted molar refractivity (Wildman–Crippen MR) is 198 cm³/mol. The molecule has 12 heteroatoms. The van der Waals surface area contributed by atoms with Crippen molar-refractivity contribution in [2.45, 2.75) is 69.0 Å². The van der Waals surface area contributed by atoms with Crippen molar-refractivity contribution in [3.63, 3.8) is 0 Å². The van der Waals surface area contributed by atoms with Crippen LogP contribution in [0.1, 0.15) is 48.8 Å². The van der Waals surface area contributed by atoms with Gasteiger partial charge in [-0.1, -0.05) is 120 Å². The Morgan fingerprint density at radius 1 is 0.816 bits per heavy atom. The minimum absolute atomic E-state index is 0.0291. The van der Waals surface area contributed by atoms with Gasteiger partial charge in [-0.05, 0) is 67.8 Å². The van der Waals surface area contributed by atoms with Crippen LogP contribution in [0.5, 0.6) is 0 Å². The molecular formula is C37H37Cl4N3O4S.